The Labute approximate surface area is 103 Å². The Hall–Kier alpha value is -1.32. The van der Waals surface area contributed by atoms with Gasteiger partial charge in [0.15, 0.2) is 0 Å². The topological polar surface area (TPSA) is 41.1 Å². The van der Waals surface area contributed by atoms with Gasteiger partial charge in [-0.25, -0.2) is 4.98 Å². The molecule has 0 aromatic carbocycles. The second kappa shape index (κ2) is 5.84. The second-order valence-electron chi connectivity index (χ2n) is 5.06. The van der Waals surface area contributed by atoms with Crippen LogP contribution in [0.2, 0.25) is 0 Å². The molecule has 0 atom stereocenters. The zero-order valence-electron chi connectivity index (χ0n) is 10.8. The Morgan fingerprint density at radius 3 is 2.76 bits per heavy atom. The predicted molar refractivity (Wildman–Crippen MR) is 71.4 cm³/mol. The molecule has 1 aliphatic rings. The lowest BCUT2D eigenvalue weighted by molar-refractivity contribution is 0.568. The highest BCUT2D eigenvalue weighted by atomic mass is 15.3. The summed E-state index contributed by atoms with van der Waals surface area (Å²) in [6, 6.07) is 1.94. The third kappa shape index (κ3) is 3.58. The summed E-state index contributed by atoms with van der Waals surface area (Å²) in [5.74, 6) is 2.44. The quantitative estimate of drug-likeness (QED) is 0.869. The van der Waals surface area contributed by atoms with Crippen molar-refractivity contribution in [2.24, 2.45) is 5.92 Å². The summed E-state index contributed by atoms with van der Waals surface area (Å²) in [5.41, 5.74) is 0. The molecule has 2 heterocycles. The van der Waals surface area contributed by atoms with Crippen molar-refractivity contribution < 1.29 is 0 Å². The monoisotopic (exact) mass is 234 g/mol. The number of hydrogen-bond donors (Lipinski definition) is 1. The van der Waals surface area contributed by atoms with Crippen LogP contribution in [0.3, 0.4) is 0 Å². The molecule has 0 amide bonds. The van der Waals surface area contributed by atoms with Crippen LogP contribution in [0.4, 0.5) is 11.8 Å². The Balaban J connectivity index is 2.00. The molecular weight excluding hydrogens is 212 g/mol. The summed E-state index contributed by atoms with van der Waals surface area (Å²) in [6.45, 7) is 7.52. The number of anilines is 2. The van der Waals surface area contributed by atoms with E-state index in [-0.39, 0.29) is 0 Å². The Morgan fingerprint density at radius 2 is 2.06 bits per heavy atom. The number of hydrogen-bond acceptors (Lipinski definition) is 4. The summed E-state index contributed by atoms with van der Waals surface area (Å²) in [6.07, 6.45) is 5.70. The van der Waals surface area contributed by atoms with Gasteiger partial charge in [-0.1, -0.05) is 13.8 Å². The van der Waals surface area contributed by atoms with Gasteiger partial charge >= 0.3 is 0 Å². The van der Waals surface area contributed by atoms with E-state index in [0.717, 1.165) is 31.4 Å². The van der Waals surface area contributed by atoms with Crippen molar-refractivity contribution in [3.05, 3.63) is 12.3 Å². The third-order valence-corrected chi connectivity index (χ3v) is 2.97. The fourth-order valence-corrected chi connectivity index (χ4v) is 2.00. The van der Waals surface area contributed by atoms with Gasteiger partial charge in [-0.2, -0.15) is 4.98 Å². The molecule has 1 aromatic rings. The van der Waals surface area contributed by atoms with Crippen molar-refractivity contribution in [2.45, 2.75) is 33.1 Å². The Morgan fingerprint density at radius 1 is 1.29 bits per heavy atom. The molecule has 94 valence electrons. The Bertz CT molecular complexity index is 345. The van der Waals surface area contributed by atoms with Crippen LogP contribution in [-0.4, -0.2) is 29.6 Å². The van der Waals surface area contributed by atoms with E-state index in [1.54, 1.807) is 0 Å². The standard InChI is InChI=1S/C13H22N4/c1-11(2)10-15-12-6-7-14-13(16-12)17-8-4-3-5-9-17/h6-7,11H,3-5,8-10H2,1-2H3,(H,14,15,16). The minimum Gasteiger partial charge on any atom is -0.370 e. The van der Waals surface area contributed by atoms with Gasteiger partial charge in [-0.05, 0) is 31.2 Å². The zero-order chi connectivity index (χ0) is 12.1. The van der Waals surface area contributed by atoms with Crippen LogP contribution in [0.15, 0.2) is 12.3 Å². The maximum Gasteiger partial charge on any atom is 0.227 e. The minimum atomic E-state index is 0.628. The molecule has 0 aliphatic carbocycles. The van der Waals surface area contributed by atoms with E-state index in [2.05, 4.69) is 34.0 Å². The molecule has 0 saturated carbocycles. The molecule has 0 radical (unpaired) electrons. The molecule has 1 fully saturated rings. The first-order valence-corrected chi connectivity index (χ1v) is 6.57. The maximum absolute atomic E-state index is 4.57. The van der Waals surface area contributed by atoms with Gasteiger partial charge in [-0.15, -0.1) is 0 Å². The van der Waals surface area contributed by atoms with Crippen LogP contribution in [-0.2, 0) is 0 Å². The maximum atomic E-state index is 4.57. The van der Waals surface area contributed by atoms with Gasteiger partial charge in [0.2, 0.25) is 5.95 Å². The van der Waals surface area contributed by atoms with Gasteiger partial charge in [0, 0.05) is 25.8 Å². The van der Waals surface area contributed by atoms with Crippen LogP contribution in [0, 0.1) is 5.92 Å². The number of nitrogens with zero attached hydrogens (tertiary/aromatic N) is 3. The normalized spacial score (nSPS) is 16.3. The smallest absolute Gasteiger partial charge is 0.227 e. The van der Waals surface area contributed by atoms with E-state index in [1.807, 2.05) is 12.3 Å². The first-order chi connectivity index (χ1) is 8.25. The first kappa shape index (κ1) is 12.1. The highest BCUT2D eigenvalue weighted by molar-refractivity contribution is 5.41. The third-order valence-electron chi connectivity index (χ3n) is 2.97. The average Bonchev–Trinajstić information content (AvgIpc) is 2.38. The van der Waals surface area contributed by atoms with E-state index in [0.29, 0.717) is 5.92 Å². The minimum absolute atomic E-state index is 0.628. The fourth-order valence-electron chi connectivity index (χ4n) is 2.00. The molecule has 0 spiro atoms. The molecular formula is C13H22N4. The summed E-state index contributed by atoms with van der Waals surface area (Å²) in [4.78, 5) is 11.2. The van der Waals surface area contributed by atoms with E-state index in [1.165, 1.54) is 19.3 Å². The summed E-state index contributed by atoms with van der Waals surface area (Å²) < 4.78 is 0. The zero-order valence-corrected chi connectivity index (χ0v) is 10.8. The number of piperidine rings is 1. The van der Waals surface area contributed by atoms with Crippen molar-refractivity contribution in [1.29, 1.82) is 0 Å². The summed E-state index contributed by atoms with van der Waals surface area (Å²) in [7, 11) is 0. The van der Waals surface area contributed by atoms with E-state index in [4.69, 9.17) is 0 Å². The molecule has 1 N–H and O–H groups in total. The molecule has 4 nitrogen and oxygen atoms in total. The molecule has 4 heteroatoms. The lowest BCUT2D eigenvalue weighted by Gasteiger charge is -2.26. The number of rotatable bonds is 4. The molecule has 1 saturated heterocycles. The van der Waals surface area contributed by atoms with Crippen molar-refractivity contribution in [3.8, 4) is 0 Å². The molecule has 1 aliphatic heterocycles. The van der Waals surface area contributed by atoms with Gasteiger partial charge in [-0.3, -0.25) is 0 Å². The fraction of sp³-hybridized carbons (Fsp3) is 0.692. The highest BCUT2D eigenvalue weighted by Gasteiger charge is 2.13. The number of aromatic nitrogens is 2. The lowest BCUT2D eigenvalue weighted by atomic mass is 10.1. The van der Waals surface area contributed by atoms with Crippen molar-refractivity contribution in [3.63, 3.8) is 0 Å². The summed E-state index contributed by atoms with van der Waals surface area (Å²) in [5, 5.41) is 3.35. The molecule has 0 unspecified atom stereocenters. The molecule has 0 bridgehead atoms. The van der Waals surface area contributed by atoms with Crippen molar-refractivity contribution in [1.82, 2.24) is 9.97 Å². The van der Waals surface area contributed by atoms with Gasteiger partial charge in [0.1, 0.15) is 5.82 Å². The highest BCUT2D eigenvalue weighted by Crippen LogP contribution is 2.16. The van der Waals surface area contributed by atoms with Crippen molar-refractivity contribution in [2.75, 3.05) is 29.9 Å². The summed E-state index contributed by atoms with van der Waals surface area (Å²) >= 11 is 0. The van der Waals surface area contributed by atoms with E-state index < -0.39 is 0 Å². The van der Waals surface area contributed by atoms with Crippen LogP contribution in [0.5, 0.6) is 0 Å². The first-order valence-electron chi connectivity index (χ1n) is 6.57. The average molecular weight is 234 g/mol. The lowest BCUT2D eigenvalue weighted by Crippen LogP contribution is -2.31. The van der Waals surface area contributed by atoms with Crippen LogP contribution in [0.25, 0.3) is 0 Å². The van der Waals surface area contributed by atoms with Crippen LogP contribution < -0.4 is 10.2 Å². The van der Waals surface area contributed by atoms with Crippen molar-refractivity contribution >= 4 is 11.8 Å². The van der Waals surface area contributed by atoms with Gasteiger partial charge in [0.25, 0.3) is 0 Å². The van der Waals surface area contributed by atoms with E-state index >= 15 is 0 Å². The van der Waals surface area contributed by atoms with Crippen LogP contribution in [0.1, 0.15) is 33.1 Å². The molecule has 1 aromatic heterocycles. The predicted octanol–water partition coefficient (Wildman–Crippen LogP) is 2.53. The molecule has 17 heavy (non-hydrogen) atoms. The van der Waals surface area contributed by atoms with Crippen LogP contribution >= 0.6 is 0 Å². The Kier molecular flexibility index (Phi) is 4.18. The largest absolute Gasteiger partial charge is 0.370 e. The van der Waals surface area contributed by atoms with Gasteiger partial charge in [0.05, 0.1) is 0 Å². The SMILES string of the molecule is CC(C)CNc1ccnc(N2CCCCC2)n1. The number of nitrogens with one attached hydrogen (secondary N) is 1. The molecule has 2 rings (SSSR count). The van der Waals surface area contributed by atoms with Gasteiger partial charge < -0.3 is 10.2 Å². The second-order valence-corrected chi connectivity index (χ2v) is 5.06. The van der Waals surface area contributed by atoms with E-state index in [9.17, 15) is 0 Å².